The van der Waals surface area contributed by atoms with Crippen molar-refractivity contribution in [2.24, 2.45) is 0 Å². The molecule has 88 valence electrons. The van der Waals surface area contributed by atoms with E-state index in [2.05, 4.69) is 10.3 Å². The van der Waals surface area contributed by atoms with Crippen LogP contribution in [0.1, 0.15) is 5.56 Å². The summed E-state index contributed by atoms with van der Waals surface area (Å²) in [4.78, 5) is 4.06. The monoisotopic (exact) mass is 251 g/mol. The van der Waals surface area contributed by atoms with Crippen LogP contribution in [0.2, 0.25) is 5.15 Å². The zero-order chi connectivity index (χ0) is 12.4. The summed E-state index contributed by atoms with van der Waals surface area (Å²) in [5.74, 6) is 0.214. The van der Waals surface area contributed by atoms with Crippen molar-refractivity contribution in [1.29, 1.82) is 0 Å². The Hall–Kier alpha value is -1.81. The van der Waals surface area contributed by atoms with Crippen molar-refractivity contribution in [3.63, 3.8) is 0 Å². The van der Waals surface area contributed by atoms with Crippen LogP contribution in [0.4, 0.5) is 21.6 Å². The molecule has 0 aliphatic rings. The SMILES string of the molecule is Cc1cc(Nc2nc(Cl)ccc2N)ccc1F. The first-order chi connectivity index (χ1) is 8.06. The third-order valence-electron chi connectivity index (χ3n) is 2.31. The Morgan fingerprint density at radius 3 is 2.76 bits per heavy atom. The van der Waals surface area contributed by atoms with Gasteiger partial charge in [0.2, 0.25) is 0 Å². The minimum Gasteiger partial charge on any atom is -0.396 e. The normalized spacial score (nSPS) is 10.3. The standard InChI is InChI=1S/C12H11ClFN3/c1-7-6-8(2-3-9(7)14)16-12-10(15)4-5-11(13)17-12/h2-6H,15H2,1H3,(H,16,17). The maximum atomic E-state index is 13.1. The highest BCUT2D eigenvalue weighted by atomic mass is 35.5. The van der Waals surface area contributed by atoms with E-state index in [0.29, 0.717) is 27.9 Å². The van der Waals surface area contributed by atoms with Gasteiger partial charge in [-0.1, -0.05) is 11.6 Å². The molecule has 0 radical (unpaired) electrons. The van der Waals surface area contributed by atoms with Crippen molar-refractivity contribution in [3.05, 3.63) is 46.9 Å². The molecule has 0 saturated heterocycles. The van der Waals surface area contributed by atoms with Gasteiger partial charge < -0.3 is 11.1 Å². The third-order valence-corrected chi connectivity index (χ3v) is 2.52. The predicted molar refractivity (Wildman–Crippen MR) is 68.1 cm³/mol. The van der Waals surface area contributed by atoms with Crippen LogP contribution in [-0.4, -0.2) is 4.98 Å². The molecule has 17 heavy (non-hydrogen) atoms. The molecule has 0 spiro atoms. The van der Waals surface area contributed by atoms with Crippen LogP contribution in [-0.2, 0) is 0 Å². The molecule has 2 rings (SSSR count). The number of hydrogen-bond acceptors (Lipinski definition) is 3. The predicted octanol–water partition coefficient (Wildman–Crippen LogP) is 3.51. The molecule has 1 heterocycles. The summed E-state index contributed by atoms with van der Waals surface area (Å²) in [6.45, 7) is 1.69. The molecule has 5 heteroatoms. The van der Waals surface area contributed by atoms with E-state index in [-0.39, 0.29) is 5.82 Å². The third kappa shape index (κ3) is 2.65. The Labute approximate surface area is 103 Å². The van der Waals surface area contributed by atoms with Crippen LogP contribution in [0.5, 0.6) is 0 Å². The quantitative estimate of drug-likeness (QED) is 0.803. The molecule has 0 saturated carbocycles. The summed E-state index contributed by atoms with van der Waals surface area (Å²) in [5, 5.41) is 3.34. The number of aromatic nitrogens is 1. The lowest BCUT2D eigenvalue weighted by atomic mass is 10.2. The minimum absolute atomic E-state index is 0.248. The number of benzene rings is 1. The second-order valence-corrected chi connectivity index (χ2v) is 4.05. The summed E-state index contributed by atoms with van der Waals surface area (Å²) in [6, 6.07) is 7.95. The van der Waals surface area contributed by atoms with Crippen LogP contribution in [0.25, 0.3) is 0 Å². The molecule has 0 fully saturated rings. The fraction of sp³-hybridized carbons (Fsp3) is 0.0833. The Balaban J connectivity index is 2.31. The molecule has 0 aliphatic heterocycles. The van der Waals surface area contributed by atoms with E-state index < -0.39 is 0 Å². The molecule has 0 aliphatic carbocycles. The lowest BCUT2D eigenvalue weighted by Crippen LogP contribution is -1.99. The highest BCUT2D eigenvalue weighted by Gasteiger charge is 2.04. The lowest BCUT2D eigenvalue weighted by Gasteiger charge is -2.09. The Kier molecular flexibility index (Phi) is 3.15. The van der Waals surface area contributed by atoms with E-state index in [9.17, 15) is 4.39 Å². The van der Waals surface area contributed by atoms with E-state index in [4.69, 9.17) is 17.3 Å². The van der Waals surface area contributed by atoms with Crippen LogP contribution in [0, 0.1) is 12.7 Å². The summed E-state index contributed by atoms with van der Waals surface area (Å²) in [5.41, 5.74) is 7.50. The average Bonchev–Trinajstić information content (AvgIpc) is 2.29. The van der Waals surface area contributed by atoms with Crippen molar-refractivity contribution in [3.8, 4) is 0 Å². The van der Waals surface area contributed by atoms with Gasteiger partial charge in [0, 0.05) is 5.69 Å². The Bertz CT molecular complexity index is 557. The van der Waals surface area contributed by atoms with E-state index in [1.807, 2.05) is 0 Å². The maximum Gasteiger partial charge on any atom is 0.155 e. The number of rotatable bonds is 2. The molecule has 0 amide bonds. The summed E-state index contributed by atoms with van der Waals surface area (Å²) in [7, 11) is 0. The highest BCUT2D eigenvalue weighted by molar-refractivity contribution is 6.29. The van der Waals surface area contributed by atoms with Gasteiger partial charge in [0.15, 0.2) is 5.82 Å². The number of anilines is 3. The summed E-state index contributed by atoms with van der Waals surface area (Å²) in [6.07, 6.45) is 0. The highest BCUT2D eigenvalue weighted by Crippen LogP contribution is 2.23. The van der Waals surface area contributed by atoms with Crippen molar-refractivity contribution < 1.29 is 4.39 Å². The van der Waals surface area contributed by atoms with Crippen molar-refractivity contribution in [1.82, 2.24) is 4.98 Å². The second kappa shape index (κ2) is 4.59. The molecule has 1 aromatic carbocycles. The number of halogens is 2. The zero-order valence-electron chi connectivity index (χ0n) is 9.17. The fourth-order valence-electron chi connectivity index (χ4n) is 1.41. The fourth-order valence-corrected chi connectivity index (χ4v) is 1.55. The first-order valence-electron chi connectivity index (χ1n) is 5.01. The molecule has 3 nitrogen and oxygen atoms in total. The van der Waals surface area contributed by atoms with Crippen LogP contribution >= 0.6 is 11.6 Å². The lowest BCUT2D eigenvalue weighted by molar-refractivity contribution is 0.619. The van der Waals surface area contributed by atoms with Crippen molar-refractivity contribution in [2.75, 3.05) is 11.1 Å². The van der Waals surface area contributed by atoms with Gasteiger partial charge in [-0.25, -0.2) is 9.37 Å². The molecule has 3 N–H and O–H groups in total. The van der Waals surface area contributed by atoms with Gasteiger partial charge in [0.05, 0.1) is 5.69 Å². The van der Waals surface area contributed by atoms with Gasteiger partial charge in [-0.05, 0) is 42.8 Å². The van der Waals surface area contributed by atoms with Gasteiger partial charge in [-0.2, -0.15) is 0 Å². The van der Waals surface area contributed by atoms with E-state index in [1.54, 1.807) is 31.2 Å². The number of hydrogen-bond donors (Lipinski definition) is 2. The maximum absolute atomic E-state index is 13.1. The number of nitrogens with two attached hydrogens (primary N) is 1. The van der Waals surface area contributed by atoms with Gasteiger partial charge in [-0.15, -0.1) is 0 Å². The van der Waals surface area contributed by atoms with Crippen LogP contribution in [0.3, 0.4) is 0 Å². The van der Waals surface area contributed by atoms with E-state index in [0.717, 1.165) is 0 Å². The number of nitrogen functional groups attached to an aromatic ring is 1. The van der Waals surface area contributed by atoms with E-state index in [1.165, 1.54) is 6.07 Å². The van der Waals surface area contributed by atoms with Gasteiger partial charge in [0.1, 0.15) is 11.0 Å². The van der Waals surface area contributed by atoms with Crippen molar-refractivity contribution >= 4 is 28.8 Å². The molecule has 0 unspecified atom stereocenters. The van der Waals surface area contributed by atoms with E-state index >= 15 is 0 Å². The topological polar surface area (TPSA) is 50.9 Å². The average molecular weight is 252 g/mol. The van der Waals surface area contributed by atoms with Crippen molar-refractivity contribution in [2.45, 2.75) is 6.92 Å². The second-order valence-electron chi connectivity index (χ2n) is 3.66. The molecular weight excluding hydrogens is 241 g/mol. The minimum atomic E-state index is -0.248. The number of pyridine rings is 1. The van der Waals surface area contributed by atoms with Gasteiger partial charge >= 0.3 is 0 Å². The molecular formula is C12H11ClFN3. The molecule has 0 bridgehead atoms. The largest absolute Gasteiger partial charge is 0.396 e. The number of aryl methyl sites for hydroxylation is 1. The summed E-state index contributed by atoms with van der Waals surface area (Å²) < 4.78 is 13.1. The van der Waals surface area contributed by atoms with Crippen LogP contribution in [0.15, 0.2) is 30.3 Å². The number of nitrogens with zero attached hydrogens (tertiary/aromatic N) is 1. The molecule has 0 atom stereocenters. The van der Waals surface area contributed by atoms with Gasteiger partial charge in [-0.3, -0.25) is 0 Å². The van der Waals surface area contributed by atoms with Gasteiger partial charge in [0.25, 0.3) is 0 Å². The number of nitrogens with one attached hydrogen (secondary N) is 1. The van der Waals surface area contributed by atoms with Crippen LogP contribution < -0.4 is 11.1 Å². The zero-order valence-corrected chi connectivity index (χ0v) is 9.92. The molecule has 1 aromatic heterocycles. The first kappa shape index (κ1) is 11.7. The smallest absolute Gasteiger partial charge is 0.155 e. The summed E-state index contributed by atoms with van der Waals surface area (Å²) >= 11 is 5.77. The first-order valence-corrected chi connectivity index (χ1v) is 5.39. The Morgan fingerprint density at radius 1 is 1.29 bits per heavy atom. The Morgan fingerprint density at radius 2 is 2.06 bits per heavy atom. The molecule has 2 aromatic rings.